The molecule has 21 heavy (non-hydrogen) atoms. The maximum atomic E-state index is 13.5. The van der Waals surface area contributed by atoms with Crippen LogP contribution in [0.4, 0.5) is 10.2 Å². The Kier molecular flexibility index (Phi) is 4.91. The molecule has 0 aliphatic heterocycles. The maximum absolute atomic E-state index is 13.5. The molecule has 3 nitrogen and oxygen atoms in total. The van der Waals surface area contributed by atoms with Gasteiger partial charge < -0.3 is 11.1 Å². The van der Waals surface area contributed by atoms with Gasteiger partial charge in [0, 0.05) is 11.8 Å². The number of benzene rings is 1. The van der Waals surface area contributed by atoms with Crippen molar-refractivity contribution in [1.29, 1.82) is 0 Å². The van der Waals surface area contributed by atoms with Crippen LogP contribution in [-0.2, 0) is 0 Å². The molecule has 0 saturated carbocycles. The van der Waals surface area contributed by atoms with Crippen molar-refractivity contribution in [2.75, 3.05) is 12.3 Å². The van der Waals surface area contributed by atoms with Crippen LogP contribution in [-0.4, -0.2) is 11.5 Å². The van der Waals surface area contributed by atoms with E-state index in [-0.39, 0.29) is 11.9 Å². The smallest absolute Gasteiger partial charge is 0.128 e. The van der Waals surface area contributed by atoms with Crippen LogP contribution in [0.1, 0.15) is 41.6 Å². The molecule has 1 heterocycles. The summed E-state index contributed by atoms with van der Waals surface area (Å²) in [5.41, 5.74) is 9.76. The van der Waals surface area contributed by atoms with Crippen molar-refractivity contribution < 1.29 is 4.39 Å². The first-order chi connectivity index (χ1) is 10.0. The molecule has 112 valence electrons. The number of nitrogens with zero attached hydrogens (tertiary/aromatic N) is 1. The van der Waals surface area contributed by atoms with E-state index in [0.29, 0.717) is 11.4 Å². The number of nitrogens with one attached hydrogen (secondary N) is 1. The van der Waals surface area contributed by atoms with E-state index in [9.17, 15) is 4.39 Å². The van der Waals surface area contributed by atoms with Gasteiger partial charge in [-0.1, -0.05) is 19.1 Å². The normalized spacial score (nSPS) is 12.4. The second-order valence-electron chi connectivity index (χ2n) is 5.32. The van der Waals surface area contributed by atoms with E-state index in [0.717, 1.165) is 29.7 Å². The third-order valence-electron chi connectivity index (χ3n) is 3.64. The van der Waals surface area contributed by atoms with E-state index >= 15 is 0 Å². The lowest BCUT2D eigenvalue weighted by atomic mass is 9.94. The Morgan fingerprint density at radius 3 is 2.62 bits per heavy atom. The predicted molar refractivity (Wildman–Crippen MR) is 84.7 cm³/mol. The fourth-order valence-electron chi connectivity index (χ4n) is 2.49. The molecule has 2 rings (SSSR count). The van der Waals surface area contributed by atoms with Crippen molar-refractivity contribution in [2.24, 2.45) is 0 Å². The number of halogens is 1. The van der Waals surface area contributed by atoms with Crippen molar-refractivity contribution in [1.82, 2.24) is 10.3 Å². The molecule has 1 aromatic heterocycles. The number of nitrogens with two attached hydrogens (primary N) is 1. The second-order valence-corrected chi connectivity index (χ2v) is 5.32. The molecule has 2 aromatic rings. The molecule has 0 radical (unpaired) electrons. The zero-order valence-corrected chi connectivity index (χ0v) is 12.8. The average molecular weight is 287 g/mol. The first-order valence-corrected chi connectivity index (χ1v) is 7.25. The fraction of sp³-hybridized carbons (Fsp3) is 0.353. The Balaban J connectivity index is 2.49. The Hall–Kier alpha value is -1.94. The minimum atomic E-state index is -0.191. The van der Waals surface area contributed by atoms with E-state index in [1.165, 1.54) is 6.07 Å². The van der Waals surface area contributed by atoms with Crippen LogP contribution >= 0.6 is 0 Å². The van der Waals surface area contributed by atoms with Crippen LogP contribution in [0, 0.1) is 19.7 Å². The van der Waals surface area contributed by atoms with E-state index in [2.05, 4.69) is 17.2 Å². The van der Waals surface area contributed by atoms with E-state index < -0.39 is 0 Å². The van der Waals surface area contributed by atoms with Crippen molar-refractivity contribution >= 4 is 5.82 Å². The summed E-state index contributed by atoms with van der Waals surface area (Å²) in [5.74, 6) is 0.328. The van der Waals surface area contributed by atoms with E-state index in [4.69, 9.17) is 5.73 Å². The second kappa shape index (κ2) is 6.68. The topological polar surface area (TPSA) is 50.9 Å². The van der Waals surface area contributed by atoms with Crippen LogP contribution in [0.25, 0.3) is 0 Å². The van der Waals surface area contributed by atoms with Crippen molar-refractivity contribution in [3.63, 3.8) is 0 Å². The van der Waals surface area contributed by atoms with Gasteiger partial charge in [-0.15, -0.1) is 0 Å². The van der Waals surface area contributed by atoms with Gasteiger partial charge >= 0.3 is 0 Å². The Morgan fingerprint density at radius 2 is 2.00 bits per heavy atom. The van der Waals surface area contributed by atoms with Crippen molar-refractivity contribution in [3.05, 3.63) is 58.5 Å². The molecule has 0 aliphatic carbocycles. The Morgan fingerprint density at radius 1 is 1.24 bits per heavy atom. The van der Waals surface area contributed by atoms with E-state index in [1.807, 2.05) is 25.1 Å². The molecule has 0 aliphatic rings. The molecule has 4 heteroatoms. The largest absolute Gasteiger partial charge is 0.383 e. The third-order valence-corrected chi connectivity index (χ3v) is 3.64. The highest BCUT2D eigenvalue weighted by molar-refractivity contribution is 5.50. The average Bonchev–Trinajstić information content (AvgIpc) is 2.45. The molecule has 0 spiro atoms. The number of hydrogen-bond donors (Lipinski definition) is 2. The summed E-state index contributed by atoms with van der Waals surface area (Å²) in [4.78, 5) is 4.20. The molecule has 1 unspecified atom stereocenters. The zero-order chi connectivity index (χ0) is 15.4. The highest BCUT2D eigenvalue weighted by Crippen LogP contribution is 2.29. The summed E-state index contributed by atoms with van der Waals surface area (Å²) in [6.07, 6.45) is 2.72. The summed E-state index contributed by atoms with van der Waals surface area (Å²) in [6, 6.07) is 7.06. The van der Waals surface area contributed by atoms with Gasteiger partial charge in [-0.25, -0.2) is 9.37 Å². The molecular formula is C17H22FN3. The Labute approximate surface area is 125 Å². The first-order valence-electron chi connectivity index (χ1n) is 7.25. The predicted octanol–water partition coefficient (Wildman–Crippen LogP) is 3.51. The number of nitrogen functional groups attached to an aromatic ring is 1. The van der Waals surface area contributed by atoms with Gasteiger partial charge in [0.2, 0.25) is 0 Å². The summed E-state index contributed by atoms with van der Waals surface area (Å²) < 4.78 is 13.5. The van der Waals surface area contributed by atoms with Gasteiger partial charge in [-0.05, 0) is 55.6 Å². The number of anilines is 1. The highest BCUT2D eigenvalue weighted by atomic mass is 19.1. The SMILES string of the molecule is CCCNC(c1ccc(F)c(C)c1)c1c(C)ccnc1N. The standard InChI is InChI=1S/C17H22FN3/c1-4-8-20-16(13-5-6-14(18)12(3)10-13)15-11(2)7-9-21-17(15)19/h5-7,9-10,16,20H,4,8H2,1-3H3,(H2,19,21). The molecule has 3 N–H and O–H groups in total. The minimum absolute atomic E-state index is 0.0713. The van der Waals surface area contributed by atoms with Crippen LogP contribution < -0.4 is 11.1 Å². The lowest BCUT2D eigenvalue weighted by molar-refractivity contribution is 0.588. The zero-order valence-electron chi connectivity index (χ0n) is 12.8. The van der Waals surface area contributed by atoms with Gasteiger partial charge in [0.05, 0.1) is 6.04 Å². The molecule has 1 atom stereocenters. The Bertz CT molecular complexity index is 605. The monoisotopic (exact) mass is 287 g/mol. The van der Waals surface area contributed by atoms with Gasteiger partial charge in [0.15, 0.2) is 0 Å². The minimum Gasteiger partial charge on any atom is -0.383 e. The van der Waals surface area contributed by atoms with Crippen LogP contribution in [0.2, 0.25) is 0 Å². The molecule has 1 aromatic carbocycles. The first kappa shape index (κ1) is 15.4. The van der Waals surface area contributed by atoms with Gasteiger partial charge in [0.1, 0.15) is 11.6 Å². The highest BCUT2D eigenvalue weighted by Gasteiger charge is 2.19. The summed E-state index contributed by atoms with van der Waals surface area (Å²) in [5, 5.41) is 3.49. The van der Waals surface area contributed by atoms with Crippen LogP contribution in [0.5, 0.6) is 0 Å². The van der Waals surface area contributed by atoms with Crippen LogP contribution in [0.15, 0.2) is 30.5 Å². The number of pyridine rings is 1. The van der Waals surface area contributed by atoms with E-state index in [1.54, 1.807) is 13.1 Å². The van der Waals surface area contributed by atoms with Crippen LogP contribution in [0.3, 0.4) is 0 Å². The van der Waals surface area contributed by atoms with Crippen molar-refractivity contribution in [3.8, 4) is 0 Å². The maximum Gasteiger partial charge on any atom is 0.128 e. The van der Waals surface area contributed by atoms with Gasteiger partial charge in [-0.2, -0.15) is 0 Å². The lowest BCUT2D eigenvalue weighted by Crippen LogP contribution is -2.25. The third kappa shape index (κ3) is 3.39. The summed E-state index contributed by atoms with van der Waals surface area (Å²) in [6.45, 7) is 6.76. The molecular weight excluding hydrogens is 265 g/mol. The number of aromatic nitrogens is 1. The lowest BCUT2D eigenvalue weighted by Gasteiger charge is -2.23. The molecule has 0 bridgehead atoms. The molecule has 0 amide bonds. The number of aryl methyl sites for hydroxylation is 2. The quantitative estimate of drug-likeness (QED) is 0.884. The molecule has 0 fully saturated rings. The summed E-state index contributed by atoms with van der Waals surface area (Å²) in [7, 11) is 0. The fourth-order valence-corrected chi connectivity index (χ4v) is 2.49. The number of hydrogen-bond acceptors (Lipinski definition) is 3. The number of rotatable bonds is 5. The summed E-state index contributed by atoms with van der Waals surface area (Å²) >= 11 is 0. The molecule has 0 saturated heterocycles. The van der Waals surface area contributed by atoms with Gasteiger partial charge in [0.25, 0.3) is 0 Å². The van der Waals surface area contributed by atoms with Gasteiger partial charge in [-0.3, -0.25) is 0 Å². The van der Waals surface area contributed by atoms with Crippen molar-refractivity contribution in [2.45, 2.75) is 33.2 Å².